The number of aliphatic hydroxyl groups is 4. The van der Waals surface area contributed by atoms with E-state index in [9.17, 15) is 45.3 Å². The van der Waals surface area contributed by atoms with Crippen molar-refractivity contribution < 1.29 is 59.5 Å². The molecule has 1 saturated heterocycles. The van der Waals surface area contributed by atoms with E-state index in [1.54, 1.807) is 0 Å². The summed E-state index contributed by atoms with van der Waals surface area (Å²) in [5.74, 6) is -2.49. The van der Waals surface area contributed by atoms with Crippen LogP contribution in [0.5, 0.6) is 23.0 Å². The number of aliphatic hydroxyl groups excluding tert-OH is 4. The summed E-state index contributed by atoms with van der Waals surface area (Å²) in [5, 5.41) is 69.8. The van der Waals surface area contributed by atoms with Gasteiger partial charge in [-0.3, -0.25) is 4.79 Å². The number of ketones is 1. The second kappa shape index (κ2) is 9.91. The minimum atomic E-state index is -1.68. The van der Waals surface area contributed by atoms with Gasteiger partial charge >= 0.3 is 5.97 Å². The van der Waals surface area contributed by atoms with Gasteiger partial charge < -0.3 is 50.0 Å². The molecule has 2 aliphatic heterocycles. The van der Waals surface area contributed by atoms with Gasteiger partial charge in [-0.05, 0) is 30.2 Å². The van der Waals surface area contributed by atoms with E-state index in [0.29, 0.717) is 5.56 Å². The molecule has 0 aliphatic carbocycles. The van der Waals surface area contributed by atoms with Crippen molar-refractivity contribution in [2.75, 3.05) is 6.61 Å². The average molecular weight is 506 g/mol. The minimum Gasteiger partial charge on any atom is -0.508 e. The van der Waals surface area contributed by atoms with E-state index in [2.05, 4.69) is 0 Å². The molecule has 1 unspecified atom stereocenters. The van der Waals surface area contributed by atoms with Gasteiger partial charge in [-0.1, -0.05) is 0 Å². The fourth-order valence-electron chi connectivity index (χ4n) is 4.51. The number of benzene rings is 2. The zero-order valence-electron chi connectivity index (χ0n) is 19.1. The summed E-state index contributed by atoms with van der Waals surface area (Å²) >= 11 is 0. The topological polar surface area (TPSA) is 203 Å². The Balaban J connectivity index is 1.59. The van der Waals surface area contributed by atoms with Gasteiger partial charge in [0.15, 0.2) is 5.78 Å². The highest BCUT2D eigenvalue weighted by Crippen LogP contribution is 2.36. The van der Waals surface area contributed by atoms with Crippen LogP contribution in [0, 0.1) is 0 Å². The predicted molar refractivity (Wildman–Crippen MR) is 119 cm³/mol. The third kappa shape index (κ3) is 4.81. The Morgan fingerprint density at radius 1 is 1.03 bits per heavy atom. The van der Waals surface area contributed by atoms with Crippen molar-refractivity contribution >= 4 is 11.8 Å². The smallest absolute Gasteiger partial charge is 0.342 e. The van der Waals surface area contributed by atoms with Gasteiger partial charge in [0.25, 0.3) is 0 Å². The Morgan fingerprint density at radius 2 is 1.75 bits per heavy atom. The van der Waals surface area contributed by atoms with E-state index in [0.717, 1.165) is 12.1 Å². The molecule has 2 aromatic rings. The molecular formula is C24H26O12. The van der Waals surface area contributed by atoms with Gasteiger partial charge in [-0.15, -0.1) is 0 Å². The standard InChI is InChI=1S/C24H26O12/c1-9(26)18-10(2-12(27)6-15(18)28)3-13-4-11-5-14(7-16(29)19(11)23(33)34-13)35-24-22(32)21(31)20(30)17(8-25)36-24/h2,5-7,13,17,20-22,24-25,27-32H,3-4,8H2,1H3/t13?,17-,20-,21+,22-,24-/m1/s1. The highest BCUT2D eigenvalue weighted by molar-refractivity contribution is 5.98. The van der Waals surface area contributed by atoms with Gasteiger partial charge in [0, 0.05) is 25.0 Å². The molecule has 7 N–H and O–H groups in total. The largest absolute Gasteiger partial charge is 0.508 e. The maximum absolute atomic E-state index is 12.6. The average Bonchev–Trinajstić information content (AvgIpc) is 2.78. The Kier molecular flexibility index (Phi) is 7.07. The van der Waals surface area contributed by atoms with Crippen molar-refractivity contribution in [1.29, 1.82) is 0 Å². The molecule has 2 heterocycles. The van der Waals surface area contributed by atoms with E-state index in [1.165, 1.54) is 19.1 Å². The molecule has 0 aromatic heterocycles. The van der Waals surface area contributed by atoms with Crippen LogP contribution in [0.4, 0.5) is 0 Å². The summed E-state index contributed by atoms with van der Waals surface area (Å²) in [6.45, 7) is 0.596. The van der Waals surface area contributed by atoms with Crippen molar-refractivity contribution in [2.24, 2.45) is 0 Å². The fourth-order valence-corrected chi connectivity index (χ4v) is 4.51. The van der Waals surface area contributed by atoms with Crippen LogP contribution in [0.15, 0.2) is 24.3 Å². The lowest BCUT2D eigenvalue weighted by Gasteiger charge is -2.39. The minimum absolute atomic E-state index is 0.0165. The number of aromatic hydroxyl groups is 3. The predicted octanol–water partition coefficient (Wildman–Crippen LogP) is -0.491. The van der Waals surface area contributed by atoms with Crippen LogP contribution in [-0.4, -0.2) is 90.9 Å². The van der Waals surface area contributed by atoms with Crippen molar-refractivity contribution in [1.82, 2.24) is 0 Å². The molecule has 0 radical (unpaired) electrons. The van der Waals surface area contributed by atoms with E-state index in [1.807, 2.05) is 0 Å². The van der Waals surface area contributed by atoms with E-state index >= 15 is 0 Å². The van der Waals surface area contributed by atoms with Crippen LogP contribution in [0.2, 0.25) is 0 Å². The van der Waals surface area contributed by atoms with Crippen molar-refractivity contribution in [3.63, 3.8) is 0 Å². The normalized spacial score (nSPS) is 27.8. The maximum atomic E-state index is 12.6. The SMILES string of the molecule is CC(=O)c1c(O)cc(O)cc1CC1Cc2cc(O[C@@H]3O[C@H](CO)[C@@H](O)[C@H](O)[C@H]3O)cc(O)c2C(=O)O1. The second-order valence-corrected chi connectivity index (χ2v) is 8.78. The third-order valence-electron chi connectivity index (χ3n) is 6.18. The van der Waals surface area contributed by atoms with Gasteiger partial charge in [-0.2, -0.15) is 0 Å². The molecule has 4 rings (SSSR count). The van der Waals surface area contributed by atoms with Crippen LogP contribution >= 0.6 is 0 Å². The van der Waals surface area contributed by atoms with Gasteiger partial charge in [0.05, 0.1) is 12.2 Å². The Hall–Kier alpha value is -3.42. The summed E-state index contributed by atoms with van der Waals surface area (Å²) in [6.07, 6.45) is -8.41. The summed E-state index contributed by atoms with van der Waals surface area (Å²) in [4.78, 5) is 24.6. The molecule has 194 valence electrons. The molecule has 0 spiro atoms. The van der Waals surface area contributed by atoms with Crippen LogP contribution in [0.1, 0.15) is 38.8 Å². The van der Waals surface area contributed by atoms with Gasteiger partial charge in [-0.25, -0.2) is 4.79 Å². The summed E-state index contributed by atoms with van der Waals surface area (Å²) in [5.41, 5.74) is 0.443. The number of phenols is 3. The van der Waals surface area contributed by atoms with E-state index in [4.69, 9.17) is 14.2 Å². The number of carbonyl (C=O) groups is 2. The number of carbonyl (C=O) groups excluding carboxylic acids is 2. The Morgan fingerprint density at radius 3 is 2.42 bits per heavy atom. The van der Waals surface area contributed by atoms with Crippen molar-refractivity contribution in [2.45, 2.75) is 56.6 Å². The number of Topliss-reactive ketones (excluding diaryl/α,β-unsaturated/α-hetero) is 1. The number of hydrogen-bond donors (Lipinski definition) is 7. The molecular weight excluding hydrogens is 480 g/mol. The highest BCUT2D eigenvalue weighted by atomic mass is 16.7. The molecule has 6 atom stereocenters. The molecule has 0 amide bonds. The molecule has 36 heavy (non-hydrogen) atoms. The molecule has 2 aromatic carbocycles. The molecule has 12 heteroatoms. The highest BCUT2D eigenvalue weighted by Gasteiger charge is 2.45. The van der Waals surface area contributed by atoms with E-state index < -0.39 is 66.7 Å². The number of hydrogen-bond acceptors (Lipinski definition) is 12. The molecule has 0 saturated carbocycles. The second-order valence-electron chi connectivity index (χ2n) is 8.78. The fraction of sp³-hybridized carbons (Fsp3) is 0.417. The van der Waals surface area contributed by atoms with Crippen LogP contribution in [-0.2, 0) is 22.3 Å². The van der Waals surface area contributed by atoms with Crippen LogP contribution < -0.4 is 4.74 Å². The maximum Gasteiger partial charge on any atom is 0.342 e. The van der Waals surface area contributed by atoms with Crippen molar-refractivity contribution in [3.05, 3.63) is 46.5 Å². The number of fused-ring (bicyclic) bond motifs is 1. The first-order valence-corrected chi connectivity index (χ1v) is 11.1. The quantitative estimate of drug-likeness (QED) is 0.196. The molecule has 1 fully saturated rings. The van der Waals surface area contributed by atoms with Crippen LogP contribution in [0.3, 0.4) is 0 Å². The number of ether oxygens (including phenoxy) is 3. The van der Waals surface area contributed by atoms with Gasteiger partial charge in [0.1, 0.15) is 59.1 Å². The number of esters is 1. The summed E-state index contributed by atoms with van der Waals surface area (Å²) in [6, 6.07) is 4.80. The first-order valence-electron chi connectivity index (χ1n) is 11.1. The lowest BCUT2D eigenvalue weighted by Crippen LogP contribution is -2.60. The summed E-state index contributed by atoms with van der Waals surface area (Å²) < 4.78 is 16.3. The van der Waals surface area contributed by atoms with Crippen LogP contribution in [0.25, 0.3) is 0 Å². The number of cyclic esters (lactones) is 1. The zero-order valence-corrected chi connectivity index (χ0v) is 19.1. The Bertz CT molecular complexity index is 1180. The molecule has 12 nitrogen and oxygen atoms in total. The first kappa shape index (κ1) is 25.7. The van der Waals surface area contributed by atoms with E-state index in [-0.39, 0.29) is 41.0 Å². The van der Waals surface area contributed by atoms with Gasteiger partial charge in [0.2, 0.25) is 6.29 Å². The number of rotatable bonds is 6. The zero-order chi connectivity index (χ0) is 26.3. The molecule has 2 aliphatic rings. The first-order chi connectivity index (χ1) is 17.0. The lowest BCUT2D eigenvalue weighted by atomic mass is 9.91. The lowest BCUT2D eigenvalue weighted by molar-refractivity contribution is -0.277. The number of phenolic OH excluding ortho intramolecular Hbond substituents is 3. The monoisotopic (exact) mass is 506 g/mol. The molecule has 0 bridgehead atoms. The summed E-state index contributed by atoms with van der Waals surface area (Å²) in [7, 11) is 0. The Labute approximate surface area is 204 Å². The van der Waals surface area contributed by atoms with Crippen molar-refractivity contribution in [3.8, 4) is 23.0 Å². The third-order valence-corrected chi connectivity index (χ3v) is 6.18.